The fourth-order valence-electron chi connectivity index (χ4n) is 1.36. The van der Waals surface area contributed by atoms with Crippen molar-refractivity contribution in [3.63, 3.8) is 0 Å². The van der Waals surface area contributed by atoms with Crippen LogP contribution in [0.5, 0.6) is 0 Å². The molecule has 0 aromatic heterocycles. The number of carbonyl (C=O) groups is 1. The number of esters is 1. The van der Waals surface area contributed by atoms with Crippen molar-refractivity contribution in [1.29, 1.82) is 0 Å². The molecule has 0 aromatic rings. The zero-order chi connectivity index (χ0) is 15.5. The van der Waals surface area contributed by atoms with Gasteiger partial charge in [0.25, 0.3) is 0 Å². The average Bonchev–Trinajstić information content (AvgIpc) is 2.13. The molecule has 0 spiro atoms. The first-order valence-corrected chi connectivity index (χ1v) is 5.67. The van der Waals surface area contributed by atoms with Crippen molar-refractivity contribution in [3.8, 4) is 0 Å². The largest absolute Gasteiger partial charge is 0.460 e. The number of nitrogens with two attached hydrogens (primary N) is 1. The molecule has 0 fully saturated rings. The van der Waals surface area contributed by atoms with Crippen LogP contribution in [-0.4, -0.2) is 30.2 Å². The van der Waals surface area contributed by atoms with Gasteiger partial charge in [0, 0.05) is 18.9 Å². The zero-order valence-corrected chi connectivity index (χ0v) is 11.0. The van der Waals surface area contributed by atoms with Gasteiger partial charge in [-0.2, -0.15) is 22.0 Å². The molecule has 0 aliphatic rings. The number of hydrogen-bond acceptors (Lipinski definition) is 3. The van der Waals surface area contributed by atoms with Crippen LogP contribution >= 0.6 is 0 Å². The summed E-state index contributed by atoms with van der Waals surface area (Å²) in [5, 5.41) is 0. The van der Waals surface area contributed by atoms with E-state index in [0.29, 0.717) is 0 Å². The Hall–Kier alpha value is -0.920. The molecule has 0 aliphatic heterocycles. The first-order chi connectivity index (χ1) is 8.31. The molecule has 0 saturated carbocycles. The minimum absolute atomic E-state index is 0.537. The van der Waals surface area contributed by atoms with Gasteiger partial charge in [-0.05, 0) is 27.2 Å². The van der Waals surface area contributed by atoms with Crippen molar-refractivity contribution >= 4 is 5.97 Å². The summed E-state index contributed by atoms with van der Waals surface area (Å²) in [6.07, 6.45) is -6.90. The number of rotatable bonds is 5. The lowest BCUT2D eigenvalue weighted by molar-refractivity contribution is -0.302. The van der Waals surface area contributed by atoms with E-state index in [1.807, 2.05) is 0 Å². The van der Waals surface area contributed by atoms with Crippen LogP contribution in [0.4, 0.5) is 22.0 Å². The van der Waals surface area contributed by atoms with E-state index in [2.05, 4.69) is 0 Å². The molecule has 2 N–H and O–H groups in total. The second-order valence-corrected chi connectivity index (χ2v) is 5.18. The molecule has 1 unspecified atom stereocenters. The maximum Gasteiger partial charge on any atom is 0.453 e. The van der Waals surface area contributed by atoms with Gasteiger partial charge >= 0.3 is 18.1 Å². The molecule has 0 rings (SSSR count). The summed E-state index contributed by atoms with van der Waals surface area (Å²) in [6.45, 7) is 3.83. The molecular formula is C11H18F5NO2. The summed E-state index contributed by atoms with van der Waals surface area (Å²) < 4.78 is 67.3. The third-order valence-electron chi connectivity index (χ3n) is 2.29. The first kappa shape index (κ1) is 18.1. The molecule has 114 valence electrons. The fraction of sp³-hybridized carbons (Fsp3) is 0.909. The van der Waals surface area contributed by atoms with Crippen molar-refractivity contribution < 1.29 is 31.5 Å². The Morgan fingerprint density at radius 2 is 1.63 bits per heavy atom. The van der Waals surface area contributed by atoms with Crippen LogP contribution in [0.1, 0.15) is 33.6 Å². The van der Waals surface area contributed by atoms with E-state index in [-0.39, 0.29) is 0 Å². The summed E-state index contributed by atoms with van der Waals surface area (Å²) in [7, 11) is 0. The van der Waals surface area contributed by atoms with Gasteiger partial charge in [0.05, 0.1) is 0 Å². The molecule has 19 heavy (non-hydrogen) atoms. The predicted octanol–water partition coefficient (Wildman–Crippen LogP) is 2.88. The maximum atomic E-state index is 13.0. The van der Waals surface area contributed by atoms with Crippen LogP contribution in [0.3, 0.4) is 0 Å². The van der Waals surface area contributed by atoms with E-state index < -0.39 is 49.0 Å². The van der Waals surface area contributed by atoms with Crippen LogP contribution in [0.15, 0.2) is 0 Å². The van der Waals surface area contributed by atoms with Crippen LogP contribution < -0.4 is 5.73 Å². The Bertz CT molecular complexity index is 309. The molecule has 0 aliphatic carbocycles. The van der Waals surface area contributed by atoms with Gasteiger partial charge in [0.15, 0.2) is 0 Å². The highest BCUT2D eigenvalue weighted by Gasteiger charge is 2.61. The molecule has 8 heteroatoms. The Balaban J connectivity index is 4.56. The van der Waals surface area contributed by atoms with Crippen molar-refractivity contribution in [2.24, 2.45) is 11.7 Å². The van der Waals surface area contributed by atoms with E-state index in [1.54, 1.807) is 20.8 Å². The third kappa shape index (κ3) is 5.71. The standard InChI is InChI=1S/C11H18F5NO2/c1-9(2,3)19-8(18)5-4-7(6-17)10(12,13)11(14,15)16/h7H,4-6,17H2,1-3H3. The molecule has 0 radical (unpaired) electrons. The van der Waals surface area contributed by atoms with Crippen molar-refractivity contribution in [3.05, 3.63) is 0 Å². The number of halogens is 5. The smallest absolute Gasteiger partial charge is 0.453 e. The van der Waals surface area contributed by atoms with Gasteiger partial charge in [-0.1, -0.05) is 0 Å². The van der Waals surface area contributed by atoms with Gasteiger partial charge in [-0.25, -0.2) is 0 Å². The van der Waals surface area contributed by atoms with Gasteiger partial charge in [0.1, 0.15) is 5.60 Å². The lowest BCUT2D eigenvalue weighted by Gasteiger charge is -2.28. The Kier molecular flexibility index (Phi) is 5.73. The number of carbonyl (C=O) groups excluding carboxylic acids is 1. The molecule has 0 aromatic carbocycles. The van der Waals surface area contributed by atoms with E-state index in [4.69, 9.17) is 10.5 Å². The molecular weight excluding hydrogens is 273 g/mol. The zero-order valence-electron chi connectivity index (χ0n) is 11.0. The topological polar surface area (TPSA) is 52.3 Å². The molecule has 0 bridgehead atoms. The van der Waals surface area contributed by atoms with Crippen molar-refractivity contribution in [1.82, 2.24) is 0 Å². The SMILES string of the molecule is CC(C)(C)OC(=O)CCC(CN)C(F)(F)C(F)(F)F. The molecule has 0 saturated heterocycles. The first-order valence-electron chi connectivity index (χ1n) is 5.67. The van der Waals surface area contributed by atoms with E-state index >= 15 is 0 Å². The lowest BCUT2D eigenvalue weighted by atomic mass is 9.95. The molecule has 1 atom stereocenters. The van der Waals surface area contributed by atoms with Crippen LogP contribution in [0.25, 0.3) is 0 Å². The highest BCUT2D eigenvalue weighted by molar-refractivity contribution is 5.69. The monoisotopic (exact) mass is 291 g/mol. The summed E-state index contributed by atoms with van der Waals surface area (Å²) in [5.41, 5.74) is 4.12. The average molecular weight is 291 g/mol. The second-order valence-electron chi connectivity index (χ2n) is 5.18. The Morgan fingerprint density at radius 1 is 1.16 bits per heavy atom. The van der Waals surface area contributed by atoms with Crippen molar-refractivity contribution in [2.75, 3.05) is 6.54 Å². The number of alkyl halides is 5. The Labute approximate surface area is 108 Å². The van der Waals surface area contributed by atoms with E-state index in [0.717, 1.165) is 0 Å². The molecule has 0 amide bonds. The summed E-state index contributed by atoms with van der Waals surface area (Å²) in [6, 6.07) is 0. The van der Waals surface area contributed by atoms with E-state index in [1.165, 1.54) is 0 Å². The Morgan fingerprint density at radius 3 is 1.95 bits per heavy atom. The summed E-state index contributed by atoms with van der Waals surface area (Å²) in [4.78, 5) is 11.3. The normalized spacial score (nSPS) is 15.2. The summed E-state index contributed by atoms with van der Waals surface area (Å²) in [5.74, 6) is -7.88. The summed E-state index contributed by atoms with van der Waals surface area (Å²) >= 11 is 0. The molecule has 0 heterocycles. The molecule has 3 nitrogen and oxygen atoms in total. The predicted molar refractivity (Wildman–Crippen MR) is 58.6 cm³/mol. The fourth-order valence-corrected chi connectivity index (χ4v) is 1.36. The van der Waals surface area contributed by atoms with Crippen LogP contribution in [-0.2, 0) is 9.53 Å². The highest BCUT2D eigenvalue weighted by Crippen LogP contribution is 2.42. The highest BCUT2D eigenvalue weighted by atomic mass is 19.4. The van der Waals surface area contributed by atoms with Gasteiger partial charge in [0.2, 0.25) is 0 Å². The van der Waals surface area contributed by atoms with Gasteiger partial charge < -0.3 is 10.5 Å². The van der Waals surface area contributed by atoms with Crippen LogP contribution in [0.2, 0.25) is 0 Å². The van der Waals surface area contributed by atoms with E-state index in [9.17, 15) is 26.7 Å². The minimum Gasteiger partial charge on any atom is -0.460 e. The van der Waals surface area contributed by atoms with Crippen molar-refractivity contribution in [2.45, 2.75) is 51.3 Å². The maximum absolute atomic E-state index is 13.0. The van der Waals surface area contributed by atoms with Gasteiger partial charge in [-0.15, -0.1) is 0 Å². The number of ether oxygens (including phenoxy) is 1. The quantitative estimate of drug-likeness (QED) is 0.626. The van der Waals surface area contributed by atoms with Gasteiger partial charge in [-0.3, -0.25) is 4.79 Å². The third-order valence-corrected chi connectivity index (χ3v) is 2.29. The van der Waals surface area contributed by atoms with Crippen LogP contribution in [0, 0.1) is 5.92 Å². The minimum atomic E-state index is -5.68. The second kappa shape index (κ2) is 6.02. The lowest BCUT2D eigenvalue weighted by Crippen LogP contribution is -2.46. The number of hydrogen-bond donors (Lipinski definition) is 1.